The molecule has 0 aliphatic carbocycles. The van der Waals surface area contributed by atoms with Crippen LogP contribution in [0, 0.1) is 0 Å². The van der Waals surface area contributed by atoms with Gasteiger partial charge in [-0.25, -0.2) is 9.97 Å². The number of aromatic nitrogens is 5. The average Bonchev–Trinajstić information content (AvgIpc) is 3.25. The molecule has 0 bridgehead atoms. The molecule has 1 unspecified atom stereocenters. The summed E-state index contributed by atoms with van der Waals surface area (Å²) in [7, 11) is 3.98. The van der Waals surface area contributed by atoms with Crippen LogP contribution < -0.4 is 15.5 Å². The van der Waals surface area contributed by atoms with E-state index in [9.17, 15) is 4.79 Å². The lowest BCUT2D eigenvalue weighted by atomic mass is 9.96. The number of carbonyl (C=O) groups excluding carboxylic acids is 1. The first kappa shape index (κ1) is 21.6. The lowest BCUT2D eigenvalue weighted by Crippen LogP contribution is -2.36. The van der Waals surface area contributed by atoms with Crippen molar-refractivity contribution in [3.8, 4) is 11.5 Å². The van der Waals surface area contributed by atoms with Crippen LogP contribution in [-0.4, -0.2) is 44.2 Å². The van der Waals surface area contributed by atoms with Crippen molar-refractivity contribution in [3.63, 3.8) is 0 Å². The number of fused-ring (bicyclic) bond motifs is 1. The van der Waals surface area contributed by atoms with Gasteiger partial charge in [0.15, 0.2) is 11.6 Å². The highest BCUT2D eigenvalue weighted by atomic mass is 16.1. The molecule has 3 heterocycles. The van der Waals surface area contributed by atoms with Crippen LogP contribution in [0.5, 0.6) is 0 Å². The van der Waals surface area contributed by atoms with Gasteiger partial charge in [0, 0.05) is 43.8 Å². The standard InChI is InChI=1S/C25H26N8O/c1-32-13-11-20(19-8-3-4-9-22(19)32)29-25(34)17-6-5-7-18(14-17)27-15-23-30-31-24(33(23)2)21-10-12-26-16-28-21/h3-10,12,14,16,20,27H,11,13,15H2,1-2H3,(H,29,34). The third-order valence-corrected chi connectivity index (χ3v) is 6.13. The van der Waals surface area contributed by atoms with Gasteiger partial charge >= 0.3 is 0 Å². The highest BCUT2D eigenvalue weighted by Crippen LogP contribution is 2.32. The zero-order chi connectivity index (χ0) is 23.5. The van der Waals surface area contributed by atoms with Crippen molar-refractivity contribution in [1.29, 1.82) is 0 Å². The van der Waals surface area contributed by atoms with Crippen molar-refractivity contribution in [2.45, 2.75) is 19.0 Å². The van der Waals surface area contributed by atoms with Crippen LogP contribution in [0.25, 0.3) is 11.5 Å². The monoisotopic (exact) mass is 454 g/mol. The molecule has 1 atom stereocenters. The summed E-state index contributed by atoms with van der Waals surface area (Å²) < 4.78 is 1.89. The van der Waals surface area contributed by atoms with E-state index in [0.29, 0.717) is 23.6 Å². The molecule has 9 nitrogen and oxygen atoms in total. The lowest BCUT2D eigenvalue weighted by molar-refractivity contribution is 0.0934. The lowest BCUT2D eigenvalue weighted by Gasteiger charge is -2.33. The Hall–Kier alpha value is -4.27. The van der Waals surface area contributed by atoms with Gasteiger partial charge in [0.1, 0.15) is 12.0 Å². The van der Waals surface area contributed by atoms with Gasteiger partial charge < -0.3 is 20.1 Å². The van der Waals surface area contributed by atoms with Gasteiger partial charge in [-0.1, -0.05) is 24.3 Å². The first-order valence-corrected chi connectivity index (χ1v) is 11.2. The van der Waals surface area contributed by atoms with Gasteiger partial charge in [0.05, 0.1) is 12.6 Å². The van der Waals surface area contributed by atoms with E-state index in [2.05, 4.69) is 54.9 Å². The number of hydrogen-bond donors (Lipinski definition) is 2. The summed E-state index contributed by atoms with van der Waals surface area (Å²) in [4.78, 5) is 23.5. The average molecular weight is 455 g/mol. The quantitative estimate of drug-likeness (QED) is 0.461. The molecule has 1 aliphatic heterocycles. The molecule has 2 N–H and O–H groups in total. The molecule has 0 radical (unpaired) electrons. The number of para-hydroxylation sites is 1. The zero-order valence-corrected chi connectivity index (χ0v) is 19.1. The molecule has 5 rings (SSSR count). The van der Waals surface area contributed by atoms with Gasteiger partial charge in [0.25, 0.3) is 5.91 Å². The summed E-state index contributed by atoms with van der Waals surface area (Å²) in [5, 5.41) is 15.1. The molecule has 0 spiro atoms. The van der Waals surface area contributed by atoms with E-state index in [1.165, 1.54) is 12.0 Å². The van der Waals surface area contributed by atoms with Gasteiger partial charge in [0.2, 0.25) is 0 Å². The summed E-state index contributed by atoms with van der Waals surface area (Å²) in [6.45, 7) is 1.36. The minimum atomic E-state index is -0.0855. The fourth-order valence-electron chi connectivity index (χ4n) is 4.23. The van der Waals surface area contributed by atoms with Crippen molar-refractivity contribution in [2.75, 3.05) is 23.8 Å². The molecule has 9 heteroatoms. The molecule has 34 heavy (non-hydrogen) atoms. The van der Waals surface area contributed by atoms with Crippen LogP contribution in [-0.2, 0) is 13.6 Å². The number of anilines is 2. The minimum Gasteiger partial charge on any atom is -0.378 e. The summed E-state index contributed by atoms with van der Waals surface area (Å²) in [6.07, 6.45) is 4.04. The molecule has 0 saturated carbocycles. The van der Waals surface area contributed by atoms with Crippen LogP contribution in [0.3, 0.4) is 0 Å². The normalized spacial score (nSPS) is 15.0. The molecule has 4 aromatic rings. The second kappa shape index (κ2) is 9.30. The summed E-state index contributed by atoms with van der Waals surface area (Å²) in [5.41, 5.74) is 4.48. The number of nitrogens with one attached hydrogen (secondary N) is 2. The van der Waals surface area contributed by atoms with Crippen LogP contribution in [0.1, 0.15) is 34.2 Å². The number of rotatable bonds is 6. The molecule has 0 fully saturated rings. The number of carbonyl (C=O) groups is 1. The third kappa shape index (κ3) is 4.32. The maximum absolute atomic E-state index is 13.1. The van der Waals surface area contributed by atoms with Crippen LogP contribution in [0.2, 0.25) is 0 Å². The Morgan fingerprint density at radius 2 is 1.97 bits per heavy atom. The second-order valence-corrected chi connectivity index (χ2v) is 8.32. The van der Waals surface area contributed by atoms with E-state index in [1.807, 2.05) is 48.0 Å². The molecular formula is C25H26N8O. The number of benzene rings is 2. The number of amides is 1. The molecule has 2 aromatic carbocycles. The van der Waals surface area contributed by atoms with Crippen LogP contribution in [0.15, 0.2) is 67.1 Å². The highest BCUT2D eigenvalue weighted by molar-refractivity contribution is 5.95. The van der Waals surface area contributed by atoms with Crippen molar-refractivity contribution in [1.82, 2.24) is 30.0 Å². The Morgan fingerprint density at radius 1 is 1.09 bits per heavy atom. The molecular weight excluding hydrogens is 428 g/mol. The highest BCUT2D eigenvalue weighted by Gasteiger charge is 2.24. The van der Waals surface area contributed by atoms with E-state index in [0.717, 1.165) is 30.0 Å². The summed E-state index contributed by atoms with van der Waals surface area (Å²) >= 11 is 0. The Balaban J connectivity index is 1.26. The van der Waals surface area contributed by atoms with Crippen molar-refractivity contribution < 1.29 is 4.79 Å². The fraction of sp³-hybridized carbons (Fsp3) is 0.240. The summed E-state index contributed by atoms with van der Waals surface area (Å²) in [6, 6.07) is 17.5. The van der Waals surface area contributed by atoms with E-state index < -0.39 is 0 Å². The number of nitrogens with zero attached hydrogens (tertiary/aromatic N) is 6. The van der Waals surface area contributed by atoms with Gasteiger partial charge in [-0.3, -0.25) is 4.79 Å². The molecule has 2 aromatic heterocycles. The van der Waals surface area contributed by atoms with Gasteiger partial charge in [-0.2, -0.15) is 0 Å². The largest absolute Gasteiger partial charge is 0.378 e. The maximum Gasteiger partial charge on any atom is 0.251 e. The first-order chi connectivity index (χ1) is 16.6. The molecule has 0 saturated heterocycles. The Kier molecular flexibility index (Phi) is 5.90. The molecule has 172 valence electrons. The van der Waals surface area contributed by atoms with Crippen molar-refractivity contribution in [3.05, 3.63) is 84.1 Å². The SMILES string of the molecule is CN1CCC(NC(=O)c2cccc(NCc3nnc(-c4ccncn4)n3C)c2)c2ccccc21. The fourth-order valence-corrected chi connectivity index (χ4v) is 4.23. The zero-order valence-electron chi connectivity index (χ0n) is 19.1. The molecule has 1 aliphatic rings. The minimum absolute atomic E-state index is 0.00428. The summed E-state index contributed by atoms with van der Waals surface area (Å²) in [5.74, 6) is 1.34. The number of hydrogen-bond acceptors (Lipinski definition) is 7. The smallest absolute Gasteiger partial charge is 0.251 e. The Labute approximate surface area is 197 Å². The first-order valence-electron chi connectivity index (χ1n) is 11.2. The van der Waals surface area contributed by atoms with Gasteiger partial charge in [-0.15, -0.1) is 10.2 Å². The Morgan fingerprint density at radius 3 is 2.82 bits per heavy atom. The topological polar surface area (TPSA) is 101 Å². The van der Waals surface area contributed by atoms with E-state index in [-0.39, 0.29) is 11.9 Å². The molecule has 1 amide bonds. The van der Waals surface area contributed by atoms with Crippen molar-refractivity contribution >= 4 is 17.3 Å². The third-order valence-electron chi connectivity index (χ3n) is 6.13. The maximum atomic E-state index is 13.1. The predicted octanol–water partition coefficient (Wildman–Crippen LogP) is 3.20. The van der Waals surface area contributed by atoms with Crippen LogP contribution in [0.4, 0.5) is 11.4 Å². The van der Waals surface area contributed by atoms with Crippen molar-refractivity contribution in [2.24, 2.45) is 7.05 Å². The predicted molar refractivity (Wildman–Crippen MR) is 130 cm³/mol. The van der Waals surface area contributed by atoms with E-state index in [1.54, 1.807) is 12.3 Å². The van der Waals surface area contributed by atoms with Crippen LogP contribution >= 0.6 is 0 Å². The van der Waals surface area contributed by atoms with E-state index >= 15 is 0 Å². The Bertz CT molecular complexity index is 1300. The second-order valence-electron chi connectivity index (χ2n) is 8.32. The van der Waals surface area contributed by atoms with E-state index in [4.69, 9.17) is 0 Å². The van der Waals surface area contributed by atoms with Gasteiger partial charge in [-0.05, 0) is 42.3 Å².